The van der Waals surface area contributed by atoms with E-state index in [1.165, 1.54) is 12.8 Å². The molecular weight excluding hydrogens is 288 g/mol. The van der Waals surface area contributed by atoms with Gasteiger partial charge in [-0.15, -0.1) is 0 Å². The van der Waals surface area contributed by atoms with E-state index in [0.717, 1.165) is 24.9 Å². The van der Waals surface area contributed by atoms with Crippen molar-refractivity contribution in [3.63, 3.8) is 0 Å². The van der Waals surface area contributed by atoms with Crippen molar-refractivity contribution in [1.82, 2.24) is 10.6 Å². The molecule has 1 amide bonds. The molecule has 1 aliphatic rings. The second-order valence-corrected chi connectivity index (χ2v) is 6.61. The second-order valence-electron chi connectivity index (χ2n) is 6.61. The van der Waals surface area contributed by atoms with Crippen molar-refractivity contribution in [2.45, 2.75) is 52.0 Å². The van der Waals surface area contributed by atoms with Gasteiger partial charge in [0.05, 0.1) is 0 Å². The molecule has 0 saturated carbocycles. The van der Waals surface area contributed by atoms with E-state index in [1.54, 1.807) is 0 Å². The Kier molecular flexibility index (Phi) is 6.78. The zero-order valence-electron chi connectivity index (χ0n) is 14.2. The molecule has 2 rings (SSSR count). The van der Waals surface area contributed by atoms with Crippen molar-refractivity contribution in [2.75, 3.05) is 13.1 Å². The maximum atomic E-state index is 12.1. The molecule has 0 aliphatic carbocycles. The molecule has 23 heavy (non-hydrogen) atoms. The van der Waals surface area contributed by atoms with E-state index < -0.39 is 0 Å². The van der Waals surface area contributed by atoms with Gasteiger partial charge in [0.1, 0.15) is 0 Å². The Morgan fingerprint density at radius 3 is 2.65 bits per heavy atom. The first-order chi connectivity index (χ1) is 11.1. The van der Waals surface area contributed by atoms with E-state index in [9.17, 15) is 9.59 Å². The van der Waals surface area contributed by atoms with Crippen LogP contribution in [0.25, 0.3) is 0 Å². The molecule has 0 spiro atoms. The number of piperidine rings is 1. The maximum Gasteiger partial charge on any atom is 0.222 e. The highest BCUT2D eigenvalue weighted by molar-refractivity contribution is 5.96. The van der Waals surface area contributed by atoms with Crippen LogP contribution in [0.3, 0.4) is 0 Å². The predicted octanol–water partition coefficient (Wildman–Crippen LogP) is 2.85. The normalized spacial score (nSPS) is 19.1. The van der Waals surface area contributed by atoms with Crippen molar-refractivity contribution in [2.24, 2.45) is 5.92 Å². The molecule has 1 aliphatic heterocycles. The molecule has 4 nitrogen and oxygen atoms in total. The van der Waals surface area contributed by atoms with Crippen LogP contribution in [0.5, 0.6) is 0 Å². The standard InChI is InChI=1S/C19H28N2O2/c1-14-6-8-16(9-7-14)18(22)10-12-21-19(23)15(2)13-17-5-3-4-11-20-17/h6-9,15,17,20H,3-5,10-13H2,1-2H3,(H,21,23)/t15-,17?/m0/s1. The minimum atomic E-state index is -0.0138. The Hall–Kier alpha value is -1.68. The van der Waals surface area contributed by atoms with Crippen LogP contribution in [0.1, 0.15) is 54.9 Å². The number of benzene rings is 1. The fraction of sp³-hybridized carbons (Fsp3) is 0.579. The second kappa shape index (κ2) is 8.82. The number of ketones is 1. The van der Waals surface area contributed by atoms with Gasteiger partial charge in [-0.25, -0.2) is 0 Å². The fourth-order valence-corrected chi connectivity index (χ4v) is 3.02. The SMILES string of the molecule is Cc1ccc(C(=O)CCNC(=O)[C@@H](C)CC2CCCCN2)cc1. The minimum absolute atomic E-state index is 0.0138. The molecule has 1 unspecified atom stereocenters. The summed E-state index contributed by atoms with van der Waals surface area (Å²) in [6.07, 6.45) is 4.86. The highest BCUT2D eigenvalue weighted by Gasteiger charge is 2.20. The lowest BCUT2D eigenvalue weighted by Gasteiger charge is -2.25. The van der Waals surface area contributed by atoms with Crippen molar-refractivity contribution < 1.29 is 9.59 Å². The highest BCUT2D eigenvalue weighted by atomic mass is 16.2. The molecular formula is C19H28N2O2. The number of hydrogen-bond acceptors (Lipinski definition) is 3. The number of Topliss-reactive ketones (excluding diaryl/α,β-unsaturated/α-hetero) is 1. The van der Waals surface area contributed by atoms with Crippen LogP contribution in [0.2, 0.25) is 0 Å². The summed E-state index contributed by atoms with van der Waals surface area (Å²) in [5.41, 5.74) is 1.85. The Bertz CT molecular complexity index is 519. The van der Waals surface area contributed by atoms with E-state index in [4.69, 9.17) is 0 Å². The van der Waals surface area contributed by atoms with Crippen LogP contribution in [0.15, 0.2) is 24.3 Å². The van der Waals surface area contributed by atoms with E-state index in [2.05, 4.69) is 10.6 Å². The summed E-state index contributed by atoms with van der Waals surface area (Å²) in [7, 11) is 0. The number of nitrogens with one attached hydrogen (secondary N) is 2. The number of hydrogen-bond donors (Lipinski definition) is 2. The van der Waals surface area contributed by atoms with Gasteiger partial charge < -0.3 is 10.6 Å². The molecule has 2 N–H and O–H groups in total. The number of carbonyl (C=O) groups is 2. The third kappa shape index (κ3) is 5.79. The van der Waals surface area contributed by atoms with Gasteiger partial charge in [-0.3, -0.25) is 9.59 Å². The lowest BCUT2D eigenvalue weighted by Crippen LogP contribution is -2.39. The smallest absolute Gasteiger partial charge is 0.222 e. The average Bonchev–Trinajstić information content (AvgIpc) is 2.56. The van der Waals surface area contributed by atoms with E-state index >= 15 is 0 Å². The van der Waals surface area contributed by atoms with Gasteiger partial charge >= 0.3 is 0 Å². The van der Waals surface area contributed by atoms with E-state index in [1.807, 2.05) is 38.1 Å². The van der Waals surface area contributed by atoms with Crippen LogP contribution in [-0.4, -0.2) is 30.8 Å². The van der Waals surface area contributed by atoms with Gasteiger partial charge in [0.2, 0.25) is 5.91 Å². The zero-order chi connectivity index (χ0) is 16.7. The summed E-state index contributed by atoms with van der Waals surface area (Å²) in [6.45, 7) is 5.43. The summed E-state index contributed by atoms with van der Waals surface area (Å²) in [4.78, 5) is 24.2. The Labute approximate surface area is 139 Å². The van der Waals surface area contributed by atoms with Crippen LogP contribution < -0.4 is 10.6 Å². The van der Waals surface area contributed by atoms with Crippen molar-refractivity contribution >= 4 is 11.7 Å². The monoisotopic (exact) mass is 316 g/mol. The molecule has 1 aromatic carbocycles. The highest BCUT2D eigenvalue weighted by Crippen LogP contribution is 2.15. The largest absolute Gasteiger partial charge is 0.355 e. The molecule has 0 bridgehead atoms. The minimum Gasteiger partial charge on any atom is -0.355 e. The van der Waals surface area contributed by atoms with Crippen LogP contribution >= 0.6 is 0 Å². The van der Waals surface area contributed by atoms with Gasteiger partial charge in [0.15, 0.2) is 5.78 Å². The predicted molar refractivity (Wildman–Crippen MR) is 92.6 cm³/mol. The lowest BCUT2D eigenvalue weighted by molar-refractivity contribution is -0.124. The number of aryl methyl sites for hydroxylation is 1. The molecule has 1 heterocycles. The summed E-state index contributed by atoms with van der Waals surface area (Å²) in [5, 5.41) is 6.37. The first-order valence-corrected chi connectivity index (χ1v) is 8.67. The summed E-state index contributed by atoms with van der Waals surface area (Å²) < 4.78 is 0. The number of rotatable bonds is 7. The molecule has 1 aromatic rings. The van der Waals surface area contributed by atoms with Gasteiger partial charge in [-0.05, 0) is 32.7 Å². The van der Waals surface area contributed by atoms with Crippen molar-refractivity contribution in [3.05, 3.63) is 35.4 Å². The topological polar surface area (TPSA) is 58.2 Å². The molecule has 2 atom stereocenters. The molecule has 1 saturated heterocycles. The van der Waals surface area contributed by atoms with E-state index in [-0.39, 0.29) is 17.6 Å². The van der Waals surface area contributed by atoms with E-state index in [0.29, 0.717) is 24.6 Å². The number of amides is 1. The van der Waals surface area contributed by atoms with Crippen LogP contribution in [0.4, 0.5) is 0 Å². The summed E-state index contributed by atoms with van der Waals surface area (Å²) in [5.74, 6) is 0.112. The third-order valence-corrected chi connectivity index (χ3v) is 4.52. The van der Waals surface area contributed by atoms with Crippen LogP contribution in [0, 0.1) is 12.8 Å². The Morgan fingerprint density at radius 2 is 2.00 bits per heavy atom. The average molecular weight is 316 g/mol. The molecule has 0 aromatic heterocycles. The van der Waals surface area contributed by atoms with Gasteiger partial charge in [-0.2, -0.15) is 0 Å². The van der Waals surface area contributed by atoms with Crippen molar-refractivity contribution in [1.29, 1.82) is 0 Å². The summed E-state index contributed by atoms with van der Waals surface area (Å²) >= 11 is 0. The van der Waals surface area contributed by atoms with Gasteiger partial charge in [-0.1, -0.05) is 43.2 Å². The van der Waals surface area contributed by atoms with Gasteiger partial charge in [0, 0.05) is 30.5 Å². The zero-order valence-corrected chi connectivity index (χ0v) is 14.2. The summed E-state index contributed by atoms with van der Waals surface area (Å²) in [6, 6.07) is 8.02. The first-order valence-electron chi connectivity index (χ1n) is 8.67. The van der Waals surface area contributed by atoms with Gasteiger partial charge in [0.25, 0.3) is 0 Å². The lowest BCUT2D eigenvalue weighted by atomic mass is 9.94. The number of carbonyl (C=O) groups excluding carboxylic acids is 2. The first kappa shape index (κ1) is 17.7. The fourth-order valence-electron chi connectivity index (χ4n) is 3.02. The Morgan fingerprint density at radius 1 is 1.26 bits per heavy atom. The quantitative estimate of drug-likeness (QED) is 0.761. The Balaban J connectivity index is 1.69. The maximum absolute atomic E-state index is 12.1. The van der Waals surface area contributed by atoms with Crippen LogP contribution in [-0.2, 0) is 4.79 Å². The molecule has 4 heteroatoms. The third-order valence-electron chi connectivity index (χ3n) is 4.52. The van der Waals surface area contributed by atoms with Crippen molar-refractivity contribution in [3.8, 4) is 0 Å². The molecule has 0 radical (unpaired) electrons. The molecule has 126 valence electrons. The molecule has 1 fully saturated rings.